The van der Waals surface area contributed by atoms with Crippen molar-refractivity contribution in [1.82, 2.24) is 4.90 Å². The van der Waals surface area contributed by atoms with Crippen LogP contribution in [-0.2, 0) is 4.74 Å². The van der Waals surface area contributed by atoms with Gasteiger partial charge in [-0.1, -0.05) is 18.2 Å². The minimum absolute atomic E-state index is 0.204. The number of ether oxygens (including phenoxy) is 2. The third-order valence-corrected chi connectivity index (χ3v) is 2.99. The maximum Gasteiger partial charge on any atom is 0.410 e. The van der Waals surface area contributed by atoms with Crippen molar-refractivity contribution >= 4 is 6.09 Å². The molecule has 1 heterocycles. The molecule has 0 bridgehead atoms. The van der Waals surface area contributed by atoms with E-state index in [2.05, 4.69) is 0 Å². The summed E-state index contributed by atoms with van der Waals surface area (Å²) in [5, 5.41) is 0. The Morgan fingerprint density at radius 1 is 1.25 bits per heavy atom. The van der Waals surface area contributed by atoms with Crippen molar-refractivity contribution in [2.75, 3.05) is 13.1 Å². The van der Waals surface area contributed by atoms with E-state index in [0.29, 0.717) is 13.1 Å². The molecule has 0 saturated carbocycles. The second-order valence-electron chi connectivity index (χ2n) is 6.02. The van der Waals surface area contributed by atoms with E-state index in [0.717, 1.165) is 5.75 Å². The highest BCUT2D eigenvalue weighted by atomic mass is 16.6. The number of benzene rings is 1. The minimum atomic E-state index is -0.500. The molecule has 2 atom stereocenters. The van der Waals surface area contributed by atoms with Crippen molar-refractivity contribution in [3.63, 3.8) is 0 Å². The van der Waals surface area contributed by atoms with E-state index in [1.54, 1.807) is 4.90 Å². The van der Waals surface area contributed by atoms with Gasteiger partial charge in [0, 0.05) is 6.54 Å². The number of hydrogen-bond acceptors (Lipinski definition) is 4. The first-order valence-corrected chi connectivity index (χ1v) is 6.80. The first-order chi connectivity index (χ1) is 9.35. The van der Waals surface area contributed by atoms with Crippen LogP contribution in [0.3, 0.4) is 0 Å². The Hall–Kier alpha value is -1.75. The fourth-order valence-corrected chi connectivity index (χ4v) is 2.07. The molecular formula is C15H22N2O3. The van der Waals surface area contributed by atoms with Gasteiger partial charge in [0.1, 0.15) is 17.5 Å². The average Bonchev–Trinajstić information content (AvgIpc) is 2.70. The number of amides is 1. The number of carbonyl (C=O) groups excluding carboxylic acids is 1. The summed E-state index contributed by atoms with van der Waals surface area (Å²) in [4.78, 5) is 13.6. The quantitative estimate of drug-likeness (QED) is 0.898. The van der Waals surface area contributed by atoms with E-state index in [1.165, 1.54) is 0 Å². The first kappa shape index (κ1) is 14.7. The van der Waals surface area contributed by atoms with Crippen LogP contribution in [0.4, 0.5) is 4.79 Å². The molecule has 20 heavy (non-hydrogen) atoms. The largest absolute Gasteiger partial charge is 0.487 e. The summed E-state index contributed by atoms with van der Waals surface area (Å²) < 4.78 is 11.2. The summed E-state index contributed by atoms with van der Waals surface area (Å²) >= 11 is 0. The second-order valence-corrected chi connectivity index (χ2v) is 6.02. The zero-order valence-corrected chi connectivity index (χ0v) is 12.2. The predicted molar refractivity (Wildman–Crippen MR) is 76.6 cm³/mol. The van der Waals surface area contributed by atoms with Crippen LogP contribution in [0.25, 0.3) is 0 Å². The van der Waals surface area contributed by atoms with Gasteiger partial charge in [-0.3, -0.25) is 0 Å². The topological polar surface area (TPSA) is 64.8 Å². The van der Waals surface area contributed by atoms with E-state index in [4.69, 9.17) is 15.2 Å². The van der Waals surface area contributed by atoms with Gasteiger partial charge in [-0.2, -0.15) is 0 Å². The summed E-state index contributed by atoms with van der Waals surface area (Å²) in [5.41, 5.74) is 5.54. The number of nitrogens with two attached hydrogens (primary N) is 1. The summed E-state index contributed by atoms with van der Waals surface area (Å²) in [6, 6.07) is 9.28. The molecule has 1 aliphatic rings. The monoisotopic (exact) mass is 278 g/mol. The molecule has 1 saturated heterocycles. The van der Waals surface area contributed by atoms with Gasteiger partial charge in [-0.15, -0.1) is 0 Å². The lowest BCUT2D eigenvalue weighted by Gasteiger charge is -2.24. The van der Waals surface area contributed by atoms with Crippen molar-refractivity contribution in [2.24, 2.45) is 5.73 Å². The molecule has 0 radical (unpaired) electrons. The first-order valence-electron chi connectivity index (χ1n) is 6.80. The number of carbonyl (C=O) groups is 1. The summed E-state index contributed by atoms with van der Waals surface area (Å²) in [7, 11) is 0. The van der Waals surface area contributed by atoms with Crippen LogP contribution in [0.2, 0.25) is 0 Å². The molecular weight excluding hydrogens is 256 g/mol. The second kappa shape index (κ2) is 5.71. The van der Waals surface area contributed by atoms with Crippen LogP contribution in [0, 0.1) is 0 Å². The van der Waals surface area contributed by atoms with Crippen LogP contribution in [0.1, 0.15) is 20.8 Å². The number of hydrogen-bond donors (Lipinski definition) is 1. The summed E-state index contributed by atoms with van der Waals surface area (Å²) in [6.07, 6.45) is -0.544. The Labute approximate surface area is 119 Å². The van der Waals surface area contributed by atoms with Gasteiger partial charge >= 0.3 is 6.09 Å². The molecule has 0 aromatic heterocycles. The third kappa shape index (κ3) is 3.87. The molecule has 1 aromatic rings. The smallest absolute Gasteiger partial charge is 0.410 e. The summed E-state index contributed by atoms with van der Waals surface area (Å²) in [6.45, 7) is 6.44. The molecule has 1 aliphatic heterocycles. The molecule has 2 N–H and O–H groups in total. The molecule has 0 spiro atoms. The zero-order valence-electron chi connectivity index (χ0n) is 12.2. The van der Waals surface area contributed by atoms with E-state index >= 15 is 0 Å². The van der Waals surface area contributed by atoms with Crippen molar-refractivity contribution < 1.29 is 14.3 Å². The van der Waals surface area contributed by atoms with Gasteiger partial charge in [-0.05, 0) is 32.9 Å². The van der Waals surface area contributed by atoms with Gasteiger partial charge in [0.15, 0.2) is 0 Å². The van der Waals surface area contributed by atoms with Crippen LogP contribution in [-0.4, -0.2) is 41.8 Å². The SMILES string of the molecule is CC(C)(C)OC(=O)N1CC(N)C(Oc2ccccc2)C1. The predicted octanol–water partition coefficient (Wildman–Crippen LogP) is 2.01. The normalized spacial score (nSPS) is 22.7. The molecule has 5 heteroatoms. The van der Waals surface area contributed by atoms with Crippen LogP contribution >= 0.6 is 0 Å². The lowest BCUT2D eigenvalue weighted by Crippen LogP contribution is -2.37. The lowest BCUT2D eigenvalue weighted by molar-refractivity contribution is 0.0275. The molecule has 1 amide bonds. The molecule has 1 aromatic carbocycles. The molecule has 110 valence electrons. The Morgan fingerprint density at radius 2 is 1.90 bits per heavy atom. The van der Waals surface area contributed by atoms with E-state index in [-0.39, 0.29) is 18.2 Å². The number of likely N-dealkylation sites (tertiary alicyclic amines) is 1. The Balaban J connectivity index is 1.94. The third-order valence-electron chi connectivity index (χ3n) is 2.99. The number of nitrogens with zero attached hydrogens (tertiary/aromatic N) is 1. The Morgan fingerprint density at radius 3 is 2.50 bits per heavy atom. The van der Waals surface area contributed by atoms with Crippen LogP contribution in [0.5, 0.6) is 5.75 Å². The maximum atomic E-state index is 12.0. The summed E-state index contributed by atoms with van der Waals surface area (Å²) in [5.74, 6) is 0.763. The van der Waals surface area contributed by atoms with Gasteiger partial charge < -0.3 is 20.1 Å². The van der Waals surface area contributed by atoms with E-state index in [1.807, 2.05) is 51.1 Å². The fraction of sp³-hybridized carbons (Fsp3) is 0.533. The van der Waals surface area contributed by atoms with Crippen molar-refractivity contribution in [3.8, 4) is 5.75 Å². The Kier molecular flexibility index (Phi) is 4.18. The van der Waals surface area contributed by atoms with E-state index < -0.39 is 5.60 Å². The highest BCUT2D eigenvalue weighted by Gasteiger charge is 2.36. The highest BCUT2D eigenvalue weighted by molar-refractivity contribution is 5.68. The maximum absolute atomic E-state index is 12.0. The van der Waals surface area contributed by atoms with Crippen molar-refractivity contribution in [3.05, 3.63) is 30.3 Å². The van der Waals surface area contributed by atoms with Gasteiger partial charge in [0.2, 0.25) is 0 Å². The van der Waals surface area contributed by atoms with E-state index in [9.17, 15) is 4.79 Å². The van der Waals surface area contributed by atoms with Gasteiger partial charge in [-0.25, -0.2) is 4.79 Å². The van der Waals surface area contributed by atoms with Crippen LogP contribution < -0.4 is 10.5 Å². The minimum Gasteiger partial charge on any atom is -0.487 e. The van der Waals surface area contributed by atoms with Gasteiger partial charge in [0.25, 0.3) is 0 Å². The number of rotatable bonds is 2. The number of para-hydroxylation sites is 1. The van der Waals surface area contributed by atoms with Gasteiger partial charge in [0.05, 0.1) is 12.6 Å². The zero-order chi connectivity index (χ0) is 14.8. The highest BCUT2D eigenvalue weighted by Crippen LogP contribution is 2.19. The fourth-order valence-electron chi connectivity index (χ4n) is 2.07. The molecule has 5 nitrogen and oxygen atoms in total. The van der Waals surface area contributed by atoms with Crippen LogP contribution in [0.15, 0.2) is 30.3 Å². The molecule has 2 rings (SSSR count). The average molecular weight is 278 g/mol. The van der Waals surface area contributed by atoms with Crippen molar-refractivity contribution in [1.29, 1.82) is 0 Å². The lowest BCUT2D eigenvalue weighted by atomic mass is 10.2. The van der Waals surface area contributed by atoms with Crippen molar-refractivity contribution in [2.45, 2.75) is 38.5 Å². The molecule has 1 fully saturated rings. The molecule has 0 aliphatic carbocycles. The molecule has 2 unspecified atom stereocenters. The Bertz CT molecular complexity index is 456. The standard InChI is InChI=1S/C15H22N2O3/c1-15(2,3)20-14(18)17-9-12(16)13(10-17)19-11-7-5-4-6-8-11/h4-8,12-13H,9-10,16H2,1-3H3.